The predicted octanol–water partition coefficient (Wildman–Crippen LogP) is 1.62. The van der Waals surface area contributed by atoms with Gasteiger partial charge in [0.15, 0.2) is 0 Å². The summed E-state index contributed by atoms with van der Waals surface area (Å²) >= 11 is 0. The molecule has 0 saturated heterocycles. The Kier molecular flexibility index (Phi) is 4.11. The first kappa shape index (κ1) is 11.8. The Morgan fingerprint density at radius 3 is 2.75 bits per heavy atom. The van der Waals surface area contributed by atoms with E-state index in [9.17, 15) is 0 Å². The van der Waals surface area contributed by atoms with E-state index >= 15 is 0 Å². The van der Waals surface area contributed by atoms with Crippen LogP contribution in [0, 0.1) is 22.7 Å². The van der Waals surface area contributed by atoms with E-state index in [0.717, 1.165) is 19.4 Å². The molecule has 0 saturated carbocycles. The van der Waals surface area contributed by atoms with Crippen LogP contribution in [0.2, 0.25) is 0 Å². The van der Waals surface area contributed by atoms with E-state index in [1.165, 1.54) is 6.20 Å². The third-order valence-corrected chi connectivity index (χ3v) is 2.17. The van der Waals surface area contributed by atoms with Crippen LogP contribution in [0.25, 0.3) is 0 Å². The third-order valence-electron chi connectivity index (χ3n) is 2.17. The number of hydrogen-bond donors (Lipinski definition) is 2. The van der Waals surface area contributed by atoms with Crippen molar-refractivity contribution < 1.29 is 0 Å². The zero-order chi connectivity index (χ0) is 12.0. The Hall–Kier alpha value is -2.27. The number of pyridine rings is 1. The van der Waals surface area contributed by atoms with E-state index in [1.807, 2.05) is 12.1 Å². The van der Waals surface area contributed by atoms with Gasteiger partial charge in [-0.25, -0.2) is 4.98 Å². The molecular formula is C11H13N5. The molecule has 0 spiro atoms. The van der Waals surface area contributed by atoms with Gasteiger partial charge in [-0.3, -0.25) is 0 Å². The smallest absolute Gasteiger partial charge is 0.146 e. The maximum absolute atomic E-state index is 8.96. The van der Waals surface area contributed by atoms with E-state index in [4.69, 9.17) is 16.3 Å². The van der Waals surface area contributed by atoms with Crippen molar-refractivity contribution >= 4 is 11.5 Å². The summed E-state index contributed by atoms with van der Waals surface area (Å²) < 4.78 is 0. The Labute approximate surface area is 94.5 Å². The molecule has 0 aliphatic heterocycles. The lowest BCUT2D eigenvalue weighted by Crippen LogP contribution is -2.07. The summed E-state index contributed by atoms with van der Waals surface area (Å²) in [5, 5.41) is 20.7. The quantitative estimate of drug-likeness (QED) is 0.743. The van der Waals surface area contributed by atoms with Gasteiger partial charge in [0, 0.05) is 12.7 Å². The van der Waals surface area contributed by atoms with Crippen LogP contribution in [0.3, 0.4) is 0 Å². The number of nitrogen functional groups attached to an aromatic ring is 1. The molecule has 16 heavy (non-hydrogen) atoms. The second-order valence-corrected chi connectivity index (χ2v) is 3.31. The van der Waals surface area contributed by atoms with Gasteiger partial charge in [0.05, 0.1) is 11.3 Å². The minimum atomic E-state index is 0.194. The van der Waals surface area contributed by atoms with Crippen molar-refractivity contribution in [1.82, 2.24) is 4.98 Å². The lowest BCUT2D eigenvalue weighted by atomic mass is 10.1. The van der Waals surface area contributed by atoms with Gasteiger partial charge in [0.2, 0.25) is 0 Å². The molecule has 1 heterocycles. The molecule has 0 unspecified atom stereocenters. The predicted molar refractivity (Wildman–Crippen MR) is 61.5 cm³/mol. The van der Waals surface area contributed by atoms with Crippen molar-refractivity contribution in [3.8, 4) is 12.1 Å². The number of nitrogens with two attached hydrogens (primary N) is 1. The van der Waals surface area contributed by atoms with Crippen molar-refractivity contribution in [2.24, 2.45) is 0 Å². The van der Waals surface area contributed by atoms with Crippen LogP contribution in [-0.4, -0.2) is 11.5 Å². The lowest BCUT2D eigenvalue weighted by Gasteiger charge is -2.08. The van der Waals surface area contributed by atoms with E-state index < -0.39 is 0 Å². The average molecular weight is 215 g/mol. The summed E-state index contributed by atoms with van der Waals surface area (Å²) in [6, 6.07) is 3.86. The van der Waals surface area contributed by atoms with Crippen LogP contribution in [0.4, 0.5) is 11.5 Å². The first-order valence-corrected chi connectivity index (χ1v) is 5.07. The van der Waals surface area contributed by atoms with E-state index in [2.05, 4.69) is 17.2 Å². The number of hydrogen-bond acceptors (Lipinski definition) is 5. The van der Waals surface area contributed by atoms with Crippen molar-refractivity contribution in [2.45, 2.75) is 19.8 Å². The standard InChI is InChI=1S/C11H13N5/c1-2-3-4-15-11-9(6-13)10(14)8(5-12)7-16-11/h7H,2-4H2,1H3,(H3,14,15,16). The van der Waals surface area contributed by atoms with Gasteiger partial charge in [-0.15, -0.1) is 0 Å². The summed E-state index contributed by atoms with van der Waals surface area (Å²) in [7, 11) is 0. The van der Waals surface area contributed by atoms with Gasteiger partial charge in [-0.2, -0.15) is 10.5 Å². The number of unbranched alkanes of at least 4 members (excludes halogenated alkanes) is 1. The number of nitrogens with one attached hydrogen (secondary N) is 1. The first-order valence-electron chi connectivity index (χ1n) is 5.07. The molecule has 1 rings (SSSR count). The van der Waals surface area contributed by atoms with Crippen LogP contribution >= 0.6 is 0 Å². The van der Waals surface area contributed by atoms with Gasteiger partial charge in [-0.1, -0.05) is 13.3 Å². The van der Waals surface area contributed by atoms with Gasteiger partial charge in [-0.05, 0) is 6.42 Å². The van der Waals surface area contributed by atoms with E-state index in [-0.39, 0.29) is 16.8 Å². The van der Waals surface area contributed by atoms with E-state index in [0.29, 0.717) is 5.82 Å². The number of anilines is 2. The van der Waals surface area contributed by atoms with Crippen molar-refractivity contribution in [2.75, 3.05) is 17.6 Å². The number of nitriles is 2. The number of rotatable bonds is 4. The second-order valence-electron chi connectivity index (χ2n) is 3.31. The second kappa shape index (κ2) is 5.57. The molecule has 0 aromatic carbocycles. The maximum Gasteiger partial charge on any atom is 0.146 e. The minimum Gasteiger partial charge on any atom is -0.396 e. The van der Waals surface area contributed by atoms with Crippen LogP contribution in [0.5, 0.6) is 0 Å². The highest BCUT2D eigenvalue weighted by Gasteiger charge is 2.11. The topological polar surface area (TPSA) is 98.5 Å². The number of aromatic nitrogens is 1. The summed E-state index contributed by atoms with van der Waals surface area (Å²) in [6.45, 7) is 2.82. The summed E-state index contributed by atoms with van der Waals surface area (Å²) in [6.07, 6.45) is 3.43. The number of nitrogens with zero attached hydrogens (tertiary/aromatic N) is 3. The summed E-state index contributed by atoms with van der Waals surface area (Å²) in [4.78, 5) is 4.02. The van der Waals surface area contributed by atoms with E-state index in [1.54, 1.807) is 0 Å². The molecule has 0 aliphatic carbocycles. The molecule has 3 N–H and O–H groups in total. The normalized spacial score (nSPS) is 9.19. The Morgan fingerprint density at radius 1 is 1.44 bits per heavy atom. The highest BCUT2D eigenvalue weighted by molar-refractivity contribution is 5.71. The SMILES string of the molecule is CCCCNc1ncc(C#N)c(N)c1C#N. The van der Waals surface area contributed by atoms with Crippen molar-refractivity contribution in [3.63, 3.8) is 0 Å². The van der Waals surface area contributed by atoms with Gasteiger partial charge in [0.1, 0.15) is 23.5 Å². The molecule has 1 aromatic heterocycles. The molecule has 0 bridgehead atoms. The third kappa shape index (κ3) is 2.40. The molecule has 1 aromatic rings. The molecule has 0 fully saturated rings. The molecule has 0 atom stereocenters. The largest absolute Gasteiger partial charge is 0.396 e. The van der Waals surface area contributed by atoms with Crippen LogP contribution in [0.15, 0.2) is 6.20 Å². The zero-order valence-corrected chi connectivity index (χ0v) is 9.12. The van der Waals surface area contributed by atoms with Crippen LogP contribution < -0.4 is 11.1 Å². The van der Waals surface area contributed by atoms with Crippen molar-refractivity contribution in [3.05, 3.63) is 17.3 Å². The van der Waals surface area contributed by atoms with Crippen molar-refractivity contribution in [1.29, 1.82) is 10.5 Å². The Balaban J connectivity index is 2.99. The fraction of sp³-hybridized carbons (Fsp3) is 0.364. The lowest BCUT2D eigenvalue weighted by molar-refractivity contribution is 0.831. The summed E-state index contributed by atoms with van der Waals surface area (Å²) in [5.41, 5.74) is 6.36. The van der Waals surface area contributed by atoms with Crippen LogP contribution in [0.1, 0.15) is 30.9 Å². The van der Waals surface area contributed by atoms with Crippen LogP contribution in [-0.2, 0) is 0 Å². The van der Waals surface area contributed by atoms with Gasteiger partial charge in [0.25, 0.3) is 0 Å². The average Bonchev–Trinajstić information content (AvgIpc) is 2.30. The molecule has 5 nitrogen and oxygen atoms in total. The molecule has 82 valence electrons. The highest BCUT2D eigenvalue weighted by Crippen LogP contribution is 2.21. The maximum atomic E-state index is 8.96. The Bertz CT molecular complexity index is 453. The minimum absolute atomic E-state index is 0.194. The molecule has 0 amide bonds. The highest BCUT2D eigenvalue weighted by atomic mass is 15.0. The molecule has 0 radical (unpaired) electrons. The monoisotopic (exact) mass is 215 g/mol. The summed E-state index contributed by atoms with van der Waals surface area (Å²) in [5.74, 6) is 0.451. The Morgan fingerprint density at radius 2 is 2.19 bits per heavy atom. The fourth-order valence-electron chi connectivity index (χ4n) is 1.25. The zero-order valence-electron chi connectivity index (χ0n) is 9.12. The molecule has 5 heteroatoms. The fourth-order valence-corrected chi connectivity index (χ4v) is 1.25. The first-order chi connectivity index (χ1) is 7.74. The molecule has 0 aliphatic rings. The van der Waals surface area contributed by atoms with Gasteiger partial charge >= 0.3 is 0 Å². The molecular weight excluding hydrogens is 202 g/mol. The van der Waals surface area contributed by atoms with Gasteiger partial charge < -0.3 is 11.1 Å².